The standard InChI is InChI=1S/C19H13N3O4S.C5H5N.ClH.Pd/c23-22(24)15-8-10-16(11-9-15)27(25,26)21-17-5-1-3-13-6-7-14-4-2-12-20-19(14)18(13)17;1-2-4-6-5-3-1;;/h1-12,21H;1-5H;1H;. The monoisotopic (exact) mass is 600 g/mol. The number of fused-ring (bicyclic) bond motifs is 3. The van der Waals surface area contributed by atoms with Gasteiger partial charge in [0.2, 0.25) is 0 Å². The van der Waals surface area contributed by atoms with E-state index in [1.165, 1.54) is 12.1 Å². The molecule has 0 fully saturated rings. The number of hydrogen-bond acceptors (Lipinski definition) is 6. The number of sulfonamides is 1. The van der Waals surface area contributed by atoms with Crippen molar-refractivity contribution in [3.05, 3.63) is 114 Å². The Labute approximate surface area is 221 Å². The maximum absolute atomic E-state index is 12.8. The average molecular weight is 601 g/mol. The summed E-state index contributed by atoms with van der Waals surface area (Å²) in [7, 11) is -3.92. The van der Waals surface area contributed by atoms with Gasteiger partial charge in [-0.1, -0.05) is 36.4 Å². The first kappa shape index (κ1) is 27.8. The Hall–Kier alpha value is -3.42. The third-order valence-corrected chi connectivity index (χ3v) is 6.16. The van der Waals surface area contributed by atoms with Crippen LogP contribution in [0.1, 0.15) is 0 Å². The number of benzene rings is 3. The molecule has 0 atom stereocenters. The molecule has 0 unspecified atom stereocenters. The summed E-state index contributed by atoms with van der Waals surface area (Å²) in [6.45, 7) is 0. The van der Waals surface area contributed by atoms with E-state index < -0.39 is 14.9 Å². The van der Waals surface area contributed by atoms with Crippen LogP contribution in [0.25, 0.3) is 21.7 Å². The van der Waals surface area contributed by atoms with Crippen LogP contribution in [0.4, 0.5) is 11.4 Å². The Bertz CT molecular complexity index is 1510. The first-order valence-electron chi connectivity index (χ1n) is 9.84. The SMILES string of the molecule is Cl.O=[N+]([O-])c1ccc(S(=O)(=O)Nc2cccc3ccc4cccnc4c23)cc1.[Pd].c1ccncc1. The Morgan fingerprint density at radius 2 is 1.43 bits per heavy atom. The molecule has 0 spiro atoms. The fraction of sp³-hybridized carbons (Fsp3) is 0. The van der Waals surface area contributed by atoms with Crippen molar-refractivity contribution in [3.8, 4) is 0 Å². The quantitative estimate of drug-likeness (QED) is 0.124. The minimum Gasteiger partial charge on any atom is -0.279 e. The van der Waals surface area contributed by atoms with E-state index in [-0.39, 0.29) is 43.4 Å². The van der Waals surface area contributed by atoms with Crippen LogP contribution < -0.4 is 4.72 Å². The second-order valence-corrected chi connectivity index (χ2v) is 8.61. The van der Waals surface area contributed by atoms with E-state index in [1.807, 2.05) is 48.5 Å². The number of nitrogens with one attached hydrogen (secondary N) is 1. The van der Waals surface area contributed by atoms with E-state index in [0.717, 1.165) is 22.9 Å². The van der Waals surface area contributed by atoms with Gasteiger partial charge in [0.05, 0.1) is 21.0 Å². The molecule has 5 rings (SSSR count). The summed E-state index contributed by atoms with van der Waals surface area (Å²) in [4.78, 5) is 18.3. The van der Waals surface area contributed by atoms with Crippen molar-refractivity contribution in [2.75, 3.05) is 4.72 Å². The van der Waals surface area contributed by atoms with Crippen LogP contribution in [0.15, 0.2) is 108 Å². The molecule has 0 aliphatic carbocycles. The molecule has 0 aliphatic rings. The van der Waals surface area contributed by atoms with Crippen LogP contribution in [-0.4, -0.2) is 23.3 Å². The van der Waals surface area contributed by atoms with Crippen molar-refractivity contribution in [1.82, 2.24) is 9.97 Å². The maximum Gasteiger partial charge on any atom is 0.269 e. The molecule has 5 aromatic rings. The predicted octanol–water partition coefficient (Wildman–Crippen LogP) is 5.60. The Kier molecular flexibility index (Phi) is 9.80. The molecule has 182 valence electrons. The second kappa shape index (κ2) is 12.3. The summed E-state index contributed by atoms with van der Waals surface area (Å²) in [5.74, 6) is 0. The molecule has 35 heavy (non-hydrogen) atoms. The zero-order chi connectivity index (χ0) is 23.3. The van der Waals surface area contributed by atoms with Crippen LogP contribution in [0.2, 0.25) is 0 Å². The molecule has 0 amide bonds. The predicted molar refractivity (Wildman–Crippen MR) is 135 cm³/mol. The Balaban J connectivity index is 0.000000475. The van der Waals surface area contributed by atoms with Crippen LogP contribution in [0, 0.1) is 10.1 Å². The molecule has 0 radical (unpaired) electrons. The molecule has 3 aromatic carbocycles. The van der Waals surface area contributed by atoms with E-state index in [9.17, 15) is 18.5 Å². The van der Waals surface area contributed by atoms with Gasteiger partial charge < -0.3 is 0 Å². The van der Waals surface area contributed by atoms with Crippen LogP contribution >= 0.6 is 12.4 Å². The minimum atomic E-state index is -3.92. The number of nitro benzene ring substituents is 1. The van der Waals surface area contributed by atoms with Crippen LogP contribution in [0.3, 0.4) is 0 Å². The molecule has 11 heteroatoms. The topological polar surface area (TPSA) is 115 Å². The van der Waals surface area contributed by atoms with Gasteiger partial charge in [0.1, 0.15) is 0 Å². The summed E-state index contributed by atoms with van der Waals surface area (Å²) < 4.78 is 28.1. The summed E-state index contributed by atoms with van der Waals surface area (Å²) in [6, 6.07) is 23.3. The zero-order valence-corrected chi connectivity index (χ0v) is 21.1. The fourth-order valence-electron chi connectivity index (χ4n) is 3.26. The van der Waals surface area contributed by atoms with Crippen LogP contribution in [0.5, 0.6) is 0 Å². The summed E-state index contributed by atoms with van der Waals surface area (Å²) in [5, 5.41) is 13.2. The van der Waals surface area contributed by atoms with Gasteiger partial charge in [-0.2, -0.15) is 0 Å². The largest absolute Gasteiger partial charge is 0.279 e. The normalized spacial score (nSPS) is 10.3. The van der Waals surface area contributed by atoms with Crippen molar-refractivity contribution < 1.29 is 33.8 Å². The summed E-state index contributed by atoms with van der Waals surface area (Å²) in [6.07, 6.45) is 5.16. The molecule has 0 saturated heterocycles. The van der Waals surface area contributed by atoms with Crippen LogP contribution in [-0.2, 0) is 30.4 Å². The molecular weight excluding hydrogens is 582 g/mol. The zero-order valence-electron chi connectivity index (χ0n) is 17.9. The van der Waals surface area contributed by atoms with Crippen molar-refractivity contribution in [1.29, 1.82) is 0 Å². The number of non-ortho nitro benzene ring substituents is 1. The van der Waals surface area contributed by atoms with E-state index in [0.29, 0.717) is 16.6 Å². The van der Waals surface area contributed by atoms with Gasteiger partial charge in [-0.25, -0.2) is 8.42 Å². The third-order valence-electron chi connectivity index (χ3n) is 4.78. The number of aromatic nitrogens is 2. The van der Waals surface area contributed by atoms with Crippen molar-refractivity contribution >= 4 is 55.5 Å². The van der Waals surface area contributed by atoms with Gasteiger partial charge in [-0.15, -0.1) is 12.4 Å². The van der Waals surface area contributed by atoms with Gasteiger partial charge >= 0.3 is 0 Å². The van der Waals surface area contributed by atoms with E-state index in [1.54, 1.807) is 30.7 Å². The molecule has 0 saturated carbocycles. The Morgan fingerprint density at radius 3 is 2.03 bits per heavy atom. The summed E-state index contributed by atoms with van der Waals surface area (Å²) >= 11 is 0. The summed E-state index contributed by atoms with van der Waals surface area (Å²) in [5.41, 5.74) is 0.918. The molecule has 1 N–H and O–H groups in total. The smallest absolute Gasteiger partial charge is 0.269 e. The molecule has 0 bridgehead atoms. The maximum atomic E-state index is 12.8. The average Bonchev–Trinajstić information content (AvgIpc) is 2.85. The molecule has 0 aliphatic heterocycles. The minimum absolute atomic E-state index is 0. The van der Waals surface area contributed by atoms with Crippen molar-refractivity contribution in [3.63, 3.8) is 0 Å². The molecule has 2 aromatic heterocycles. The first-order chi connectivity index (χ1) is 16.0. The second-order valence-electron chi connectivity index (χ2n) is 6.93. The van der Waals surface area contributed by atoms with E-state index >= 15 is 0 Å². The first-order valence-corrected chi connectivity index (χ1v) is 11.3. The van der Waals surface area contributed by atoms with Gasteiger partial charge in [0, 0.05) is 61.9 Å². The van der Waals surface area contributed by atoms with Gasteiger partial charge in [-0.05, 0) is 41.8 Å². The van der Waals surface area contributed by atoms with Crippen molar-refractivity contribution in [2.45, 2.75) is 4.90 Å². The number of hydrogen-bond donors (Lipinski definition) is 1. The van der Waals surface area contributed by atoms with Gasteiger partial charge in [0.25, 0.3) is 15.7 Å². The van der Waals surface area contributed by atoms with E-state index in [2.05, 4.69) is 14.7 Å². The molecular formula is C24H19ClN4O4PdS. The number of anilines is 1. The number of nitrogens with zero attached hydrogens (tertiary/aromatic N) is 3. The number of halogens is 1. The third kappa shape index (κ3) is 6.59. The number of pyridine rings is 2. The molecule has 2 heterocycles. The Morgan fingerprint density at radius 1 is 0.771 bits per heavy atom. The van der Waals surface area contributed by atoms with Crippen molar-refractivity contribution in [2.24, 2.45) is 0 Å². The molecule has 8 nitrogen and oxygen atoms in total. The fourth-order valence-corrected chi connectivity index (χ4v) is 4.33. The number of rotatable bonds is 4. The number of nitro groups is 1. The van der Waals surface area contributed by atoms with Gasteiger partial charge in [-0.3, -0.25) is 24.8 Å². The van der Waals surface area contributed by atoms with Gasteiger partial charge in [0.15, 0.2) is 0 Å². The van der Waals surface area contributed by atoms with E-state index in [4.69, 9.17) is 0 Å².